The van der Waals surface area contributed by atoms with Crippen molar-refractivity contribution < 1.29 is 4.79 Å². The molecule has 152 valence electrons. The van der Waals surface area contributed by atoms with Crippen molar-refractivity contribution in [3.63, 3.8) is 0 Å². The van der Waals surface area contributed by atoms with E-state index in [9.17, 15) is 4.79 Å². The molecule has 4 aliphatic rings. The van der Waals surface area contributed by atoms with Crippen LogP contribution in [-0.2, 0) is 13.0 Å². The Kier molecular flexibility index (Phi) is 5.38. The first kappa shape index (κ1) is 18.8. The van der Waals surface area contributed by atoms with E-state index >= 15 is 0 Å². The van der Waals surface area contributed by atoms with Gasteiger partial charge in [0.25, 0.3) is 5.91 Å². The zero-order valence-corrected chi connectivity index (χ0v) is 17.1. The third kappa shape index (κ3) is 4.10. The first-order valence-corrected chi connectivity index (χ1v) is 11.1. The fraction of sp³-hybridized carbons (Fsp3) is 0.480. The lowest BCUT2D eigenvalue weighted by molar-refractivity contribution is -0.0130. The number of benzene rings is 2. The monoisotopic (exact) mass is 389 g/mol. The summed E-state index contributed by atoms with van der Waals surface area (Å²) in [5, 5.41) is 3.17. The molecule has 6 rings (SSSR count). The normalized spacial score (nSPS) is 28.7. The van der Waals surface area contributed by atoms with Gasteiger partial charge in [-0.15, -0.1) is 0 Å². The van der Waals surface area contributed by atoms with Gasteiger partial charge >= 0.3 is 0 Å². The average Bonchev–Trinajstić information content (AvgIpc) is 2.78. The summed E-state index contributed by atoms with van der Waals surface area (Å²) in [5.74, 6) is 1.63. The molecular formula is C25H31N3O. The first-order chi connectivity index (χ1) is 14.3. The van der Waals surface area contributed by atoms with Crippen molar-refractivity contribution in [3.8, 4) is 0 Å². The van der Waals surface area contributed by atoms with Crippen LogP contribution in [0, 0.1) is 11.8 Å². The van der Waals surface area contributed by atoms with Crippen LogP contribution in [0.3, 0.4) is 0 Å². The quantitative estimate of drug-likeness (QED) is 0.853. The van der Waals surface area contributed by atoms with Crippen LogP contribution in [0.25, 0.3) is 0 Å². The van der Waals surface area contributed by atoms with Crippen LogP contribution >= 0.6 is 0 Å². The minimum atomic E-state index is 0.0526. The van der Waals surface area contributed by atoms with Crippen LogP contribution < -0.4 is 5.32 Å². The highest BCUT2D eigenvalue weighted by Crippen LogP contribution is 2.37. The summed E-state index contributed by atoms with van der Waals surface area (Å²) in [7, 11) is 0. The van der Waals surface area contributed by atoms with Gasteiger partial charge in [-0.2, -0.15) is 0 Å². The van der Waals surface area contributed by atoms with E-state index in [2.05, 4.69) is 39.4 Å². The summed E-state index contributed by atoms with van der Waals surface area (Å²) >= 11 is 0. The third-order valence-electron chi connectivity index (χ3n) is 7.25. The number of rotatable bonds is 5. The molecule has 0 saturated carbocycles. The number of hydrogen-bond acceptors (Lipinski definition) is 3. The molecule has 0 aromatic heterocycles. The smallest absolute Gasteiger partial charge is 0.251 e. The molecule has 3 saturated heterocycles. The lowest BCUT2D eigenvalue weighted by atomic mass is 9.75. The number of hydrogen-bond donors (Lipinski definition) is 1. The van der Waals surface area contributed by atoms with Gasteiger partial charge in [0.1, 0.15) is 0 Å². The number of fused-ring (bicyclic) bond motifs is 4. The average molecular weight is 390 g/mol. The molecule has 2 aromatic carbocycles. The molecule has 4 heteroatoms. The number of nitrogens with zero attached hydrogens (tertiary/aromatic N) is 2. The molecule has 2 bridgehead atoms. The second kappa shape index (κ2) is 8.29. The summed E-state index contributed by atoms with van der Waals surface area (Å²) in [4.78, 5) is 17.7. The van der Waals surface area contributed by atoms with Crippen LogP contribution in [0.2, 0.25) is 0 Å². The Balaban J connectivity index is 1.14. The van der Waals surface area contributed by atoms with Gasteiger partial charge in [-0.3, -0.25) is 14.6 Å². The molecule has 1 unspecified atom stereocenters. The molecule has 0 spiro atoms. The van der Waals surface area contributed by atoms with E-state index in [0.717, 1.165) is 30.5 Å². The topological polar surface area (TPSA) is 35.6 Å². The lowest BCUT2D eigenvalue weighted by Gasteiger charge is -2.51. The largest absolute Gasteiger partial charge is 0.350 e. The van der Waals surface area contributed by atoms with Crippen LogP contribution in [0.1, 0.15) is 34.3 Å². The van der Waals surface area contributed by atoms with E-state index in [-0.39, 0.29) is 5.91 Å². The van der Waals surface area contributed by atoms with E-state index in [4.69, 9.17) is 0 Å². The Morgan fingerprint density at radius 3 is 2.59 bits per heavy atom. The SMILES string of the molecule is O=C(NC[C@@H]1C[C@H]2CCN1C[C@@H]2CN1CCc2ccccc2C1)c1ccccc1. The number of amides is 1. The minimum Gasteiger partial charge on any atom is -0.350 e. The number of carbonyl (C=O) groups excluding carboxylic acids is 1. The third-order valence-corrected chi connectivity index (χ3v) is 7.25. The summed E-state index contributed by atoms with van der Waals surface area (Å²) < 4.78 is 0. The van der Waals surface area contributed by atoms with Gasteiger partial charge in [0.05, 0.1) is 0 Å². The van der Waals surface area contributed by atoms with Crippen LogP contribution in [0.15, 0.2) is 54.6 Å². The second-order valence-corrected chi connectivity index (χ2v) is 9.02. The van der Waals surface area contributed by atoms with Crippen molar-refractivity contribution in [2.24, 2.45) is 11.8 Å². The van der Waals surface area contributed by atoms with E-state index < -0.39 is 0 Å². The summed E-state index contributed by atoms with van der Waals surface area (Å²) in [6.45, 7) is 6.67. The second-order valence-electron chi connectivity index (χ2n) is 9.02. The van der Waals surface area contributed by atoms with Crippen molar-refractivity contribution in [1.82, 2.24) is 15.1 Å². The first-order valence-electron chi connectivity index (χ1n) is 11.1. The Morgan fingerprint density at radius 2 is 1.79 bits per heavy atom. The Bertz CT molecular complexity index is 852. The summed E-state index contributed by atoms with van der Waals surface area (Å²) in [6.07, 6.45) is 3.73. The molecule has 1 amide bonds. The lowest BCUT2D eigenvalue weighted by Crippen LogP contribution is -2.58. The Labute approximate surface area is 173 Å². The Hall–Kier alpha value is -2.17. The number of piperidine rings is 3. The molecule has 0 radical (unpaired) electrons. The highest BCUT2D eigenvalue weighted by Gasteiger charge is 2.40. The molecule has 4 aliphatic heterocycles. The predicted octanol–water partition coefficient (Wildman–Crippen LogP) is 3.19. The van der Waals surface area contributed by atoms with Gasteiger partial charge in [0, 0.05) is 44.3 Å². The van der Waals surface area contributed by atoms with E-state index in [1.165, 1.54) is 56.6 Å². The molecule has 3 fully saturated rings. The molecule has 29 heavy (non-hydrogen) atoms. The van der Waals surface area contributed by atoms with Gasteiger partial charge in [-0.25, -0.2) is 0 Å². The fourth-order valence-corrected chi connectivity index (χ4v) is 5.61. The number of carbonyl (C=O) groups is 1. The van der Waals surface area contributed by atoms with Crippen molar-refractivity contribution >= 4 is 5.91 Å². The van der Waals surface area contributed by atoms with Gasteiger partial charge in [-0.05, 0) is 60.9 Å². The van der Waals surface area contributed by atoms with E-state index in [1.807, 2.05) is 30.3 Å². The molecule has 4 nitrogen and oxygen atoms in total. The highest BCUT2D eigenvalue weighted by atomic mass is 16.1. The zero-order valence-electron chi connectivity index (χ0n) is 17.1. The van der Waals surface area contributed by atoms with Crippen LogP contribution in [-0.4, -0.2) is 54.5 Å². The highest BCUT2D eigenvalue weighted by molar-refractivity contribution is 5.94. The van der Waals surface area contributed by atoms with Crippen molar-refractivity contribution in [1.29, 1.82) is 0 Å². The molecular weight excluding hydrogens is 358 g/mol. The minimum absolute atomic E-state index is 0.0526. The standard InChI is InChI=1S/C25H31N3O/c29-25(20-7-2-1-3-8-20)26-15-24-14-21-11-13-28(24)18-23(21)17-27-12-10-19-6-4-5-9-22(19)16-27/h1-9,21,23-24H,10-18H2,(H,26,29)/t21-,23+,24+/m1/s1. The van der Waals surface area contributed by atoms with E-state index in [0.29, 0.717) is 6.04 Å². The predicted molar refractivity (Wildman–Crippen MR) is 116 cm³/mol. The van der Waals surface area contributed by atoms with Crippen LogP contribution in [0.5, 0.6) is 0 Å². The van der Waals surface area contributed by atoms with Gasteiger partial charge in [-0.1, -0.05) is 42.5 Å². The van der Waals surface area contributed by atoms with Crippen molar-refractivity contribution in [2.45, 2.75) is 31.8 Å². The summed E-state index contributed by atoms with van der Waals surface area (Å²) in [6, 6.07) is 19.0. The number of nitrogens with one attached hydrogen (secondary N) is 1. The van der Waals surface area contributed by atoms with Crippen LogP contribution in [0.4, 0.5) is 0 Å². The molecule has 2 aromatic rings. The summed E-state index contributed by atoms with van der Waals surface area (Å²) in [5.41, 5.74) is 3.81. The molecule has 0 aliphatic carbocycles. The van der Waals surface area contributed by atoms with Gasteiger partial charge < -0.3 is 5.32 Å². The Morgan fingerprint density at radius 1 is 1.00 bits per heavy atom. The van der Waals surface area contributed by atoms with Gasteiger partial charge in [0.2, 0.25) is 0 Å². The fourth-order valence-electron chi connectivity index (χ4n) is 5.61. The molecule has 4 heterocycles. The van der Waals surface area contributed by atoms with Crippen molar-refractivity contribution in [3.05, 3.63) is 71.3 Å². The maximum Gasteiger partial charge on any atom is 0.251 e. The molecule has 4 atom stereocenters. The molecule has 1 N–H and O–H groups in total. The van der Waals surface area contributed by atoms with Crippen molar-refractivity contribution in [2.75, 3.05) is 32.7 Å². The maximum atomic E-state index is 12.4. The zero-order chi connectivity index (χ0) is 19.6. The van der Waals surface area contributed by atoms with E-state index in [1.54, 1.807) is 0 Å². The van der Waals surface area contributed by atoms with Gasteiger partial charge in [0.15, 0.2) is 0 Å². The maximum absolute atomic E-state index is 12.4.